The molecule has 1 saturated heterocycles. The van der Waals surface area contributed by atoms with Crippen molar-refractivity contribution in [2.75, 3.05) is 42.3 Å². The number of anilines is 4. The van der Waals surface area contributed by atoms with Crippen LogP contribution in [0.25, 0.3) is 5.65 Å². The lowest BCUT2D eigenvalue weighted by Crippen LogP contribution is -2.62. The summed E-state index contributed by atoms with van der Waals surface area (Å²) >= 11 is 6.88. The van der Waals surface area contributed by atoms with E-state index in [0.29, 0.717) is 59.5 Å². The molecule has 15 nitrogen and oxygen atoms in total. The molecule has 0 bridgehead atoms. The number of primary amides is 1. The molecule has 0 spiro atoms. The predicted molar refractivity (Wildman–Crippen MR) is 151 cm³/mol. The van der Waals surface area contributed by atoms with Gasteiger partial charge in [0.1, 0.15) is 6.07 Å². The van der Waals surface area contributed by atoms with E-state index in [1.54, 1.807) is 19.1 Å². The number of nitrogens with one attached hydrogen (secondary N) is 4. The van der Waals surface area contributed by atoms with Crippen LogP contribution in [0.1, 0.15) is 31.5 Å². The minimum atomic E-state index is -0.667. The molecule has 4 rings (SSSR count). The molecule has 41 heavy (non-hydrogen) atoms. The Morgan fingerprint density at radius 3 is 2.73 bits per heavy atom. The van der Waals surface area contributed by atoms with Gasteiger partial charge in [-0.05, 0) is 32.4 Å². The number of rotatable bonds is 9. The number of hydrogen-bond acceptors (Lipinski definition) is 12. The first-order valence-electron chi connectivity index (χ1n) is 12.7. The van der Waals surface area contributed by atoms with E-state index >= 15 is 0 Å². The van der Waals surface area contributed by atoms with Crippen molar-refractivity contribution in [2.45, 2.75) is 38.4 Å². The third-order valence-corrected chi connectivity index (χ3v) is 6.98. The first-order valence-corrected chi connectivity index (χ1v) is 13.1. The third kappa shape index (κ3) is 6.32. The van der Waals surface area contributed by atoms with E-state index in [0.717, 1.165) is 0 Å². The third-order valence-electron chi connectivity index (χ3n) is 6.58. The summed E-state index contributed by atoms with van der Waals surface area (Å²) in [4.78, 5) is 34.4. The van der Waals surface area contributed by atoms with E-state index < -0.39 is 24.1 Å². The van der Waals surface area contributed by atoms with Gasteiger partial charge in [0.2, 0.25) is 11.9 Å². The standard InChI is InChI=1S/C25H29ClN12O3/c1-4-30-22-23-31-11-15(10-28)38(23)36-24(35-22)33-17-7-14(9-27)8-19(20(17)26)37-6-5-16(34-25(40)41-3)18(12-37)32-13(2)21(29)39/h7-8,11,13,16,18,32H,4-6,12H2,1-3H3,(H2,29,39)(H,34,40)(H2,30,33,35,36)/t13-,16+,18-/m0/s1. The highest BCUT2D eigenvalue weighted by Crippen LogP contribution is 2.37. The lowest BCUT2D eigenvalue weighted by molar-refractivity contribution is -0.119. The van der Waals surface area contributed by atoms with Gasteiger partial charge in [-0.1, -0.05) is 11.6 Å². The van der Waals surface area contributed by atoms with Crippen molar-refractivity contribution in [3.05, 3.63) is 34.6 Å². The number of carbonyl (C=O) groups excluding carboxylic acids is 2. The molecule has 0 saturated carbocycles. The molecule has 1 aliphatic heterocycles. The molecule has 3 atom stereocenters. The number of piperidine rings is 1. The Labute approximate surface area is 240 Å². The molecule has 0 unspecified atom stereocenters. The highest BCUT2D eigenvalue weighted by atomic mass is 35.5. The average molecular weight is 581 g/mol. The number of methoxy groups -OCH3 is 1. The first-order chi connectivity index (χ1) is 19.7. The van der Waals surface area contributed by atoms with Crippen LogP contribution in [0.2, 0.25) is 5.02 Å². The van der Waals surface area contributed by atoms with Gasteiger partial charge in [0.05, 0.1) is 53.4 Å². The molecule has 214 valence electrons. The number of ether oxygens (including phenoxy) is 1. The maximum Gasteiger partial charge on any atom is 0.407 e. The average Bonchev–Trinajstić information content (AvgIpc) is 3.38. The Morgan fingerprint density at radius 1 is 1.29 bits per heavy atom. The van der Waals surface area contributed by atoms with Crippen molar-refractivity contribution in [1.82, 2.24) is 30.2 Å². The van der Waals surface area contributed by atoms with E-state index in [1.807, 2.05) is 17.9 Å². The first kappa shape index (κ1) is 29.1. The van der Waals surface area contributed by atoms with Gasteiger partial charge < -0.3 is 31.3 Å². The summed E-state index contributed by atoms with van der Waals surface area (Å²) in [5.74, 6) is -0.0000575. The number of fused-ring (bicyclic) bond motifs is 1. The number of benzene rings is 1. The number of imidazole rings is 1. The molecule has 2 amide bonds. The van der Waals surface area contributed by atoms with E-state index in [9.17, 15) is 20.1 Å². The molecule has 0 radical (unpaired) electrons. The largest absolute Gasteiger partial charge is 0.453 e. The molecule has 1 aromatic carbocycles. The SMILES string of the molecule is CCNc1nc(Nc2cc(C#N)cc(N3CC[C@@H](NC(=O)OC)[C@@H](N[C@@H](C)C(N)=O)C3)c2Cl)nn2c(C#N)cnc12. The molecule has 16 heteroatoms. The van der Waals surface area contributed by atoms with E-state index in [1.165, 1.54) is 17.8 Å². The Bertz CT molecular complexity index is 1550. The molecule has 2 aromatic heterocycles. The Kier molecular flexibility index (Phi) is 8.91. The lowest BCUT2D eigenvalue weighted by Gasteiger charge is -2.41. The van der Waals surface area contributed by atoms with Gasteiger partial charge in [-0.2, -0.15) is 20.0 Å². The summed E-state index contributed by atoms with van der Waals surface area (Å²) in [5, 5.41) is 36.1. The lowest BCUT2D eigenvalue weighted by atomic mass is 9.97. The molecule has 1 fully saturated rings. The number of nitriles is 2. The fourth-order valence-electron chi connectivity index (χ4n) is 4.54. The summed E-state index contributed by atoms with van der Waals surface area (Å²) in [6.07, 6.45) is 1.29. The molecular weight excluding hydrogens is 552 g/mol. The van der Waals surface area contributed by atoms with Gasteiger partial charge in [0.15, 0.2) is 17.2 Å². The molecule has 0 aliphatic carbocycles. The highest BCUT2D eigenvalue weighted by molar-refractivity contribution is 6.36. The molecule has 3 aromatic rings. The maximum absolute atomic E-state index is 12.0. The fraction of sp³-hybridized carbons (Fsp3) is 0.400. The van der Waals surface area contributed by atoms with Crippen molar-refractivity contribution in [3.63, 3.8) is 0 Å². The molecule has 1 aliphatic rings. The van der Waals surface area contributed by atoms with Crippen molar-refractivity contribution in [3.8, 4) is 12.1 Å². The summed E-state index contributed by atoms with van der Waals surface area (Å²) in [5.41, 5.74) is 7.32. The van der Waals surface area contributed by atoms with Crippen molar-refractivity contribution >= 4 is 52.4 Å². The number of hydrogen-bond donors (Lipinski definition) is 5. The Hall–Kier alpha value is -4.86. The predicted octanol–water partition coefficient (Wildman–Crippen LogP) is 1.46. The van der Waals surface area contributed by atoms with Crippen LogP contribution in [0.4, 0.5) is 27.9 Å². The number of nitrogens with zero attached hydrogens (tertiary/aromatic N) is 7. The Morgan fingerprint density at radius 2 is 2.07 bits per heavy atom. The number of aromatic nitrogens is 4. The highest BCUT2D eigenvalue weighted by Gasteiger charge is 2.33. The van der Waals surface area contributed by atoms with Gasteiger partial charge in [0.25, 0.3) is 0 Å². The maximum atomic E-state index is 12.0. The van der Waals surface area contributed by atoms with Gasteiger partial charge in [0, 0.05) is 25.7 Å². The van der Waals surface area contributed by atoms with Gasteiger partial charge in [-0.15, -0.1) is 5.10 Å². The van der Waals surface area contributed by atoms with Gasteiger partial charge >= 0.3 is 6.09 Å². The zero-order valence-corrected chi connectivity index (χ0v) is 23.4. The summed E-state index contributed by atoms with van der Waals surface area (Å²) in [7, 11) is 1.28. The van der Waals surface area contributed by atoms with Crippen LogP contribution in [0, 0.1) is 22.7 Å². The van der Waals surface area contributed by atoms with E-state index in [4.69, 9.17) is 22.1 Å². The normalized spacial score (nSPS) is 17.3. The summed E-state index contributed by atoms with van der Waals surface area (Å²) < 4.78 is 6.13. The quantitative estimate of drug-likeness (QED) is 0.243. The van der Waals surface area contributed by atoms with Crippen LogP contribution in [-0.4, -0.2) is 76.5 Å². The summed E-state index contributed by atoms with van der Waals surface area (Å²) in [6.45, 7) is 4.89. The second kappa shape index (κ2) is 12.5. The van der Waals surface area contributed by atoms with Crippen LogP contribution in [0.5, 0.6) is 0 Å². The van der Waals surface area contributed by atoms with E-state index in [-0.39, 0.29) is 17.7 Å². The van der Waals surface area contributed by atoms with Crippen molar-refractivity contribution < 1.29 is 14.3 Å². The second-order valence-electron chi connectivity index (χ2n) is 9.27. The van der Waals surface area contributed by atoms with Crippen molar-refractivity contribution in [2.24, 2.45) is 5.73 Å². The number of amides is 2. The topological polar surface area (TPSA) is 211 Å². The molecule has 3 heterocycles. The fourth-order valence-corrected chi connectivity index (χ4v) is 4.81. The summed E-state index contributed by atoms with van der Waals surface area (Å²) in [6, 6.07) is 6.00. The number of alkyl carbamates (subject to hydrolysis) is 1. The van der Waals surface area contributed by atoms with Gasteiger partial charge in [-0.25, -0.2) is 9.78 Å². The van der Waals surface area contributed by atoms with Crippen LogP contribution < -0.4 is 31.9 Å². The minimum Gasteiger partial charge on any atom is -0.453 e. The van der Waals surface area contributed by atoms with Crippen LogP contribution in [0.3, 0.4) is 0 Å². The second-order valence-corrected chi connectivity index (χ2v) is 9.65. The molecule has 6 N–H and O–H groups in total. The van der Waals surface area contributed by atoms with Crippen LogP contribution in [-0.2, 0) is 9.53 Å². The smallest absolute Gasteiger partial charge is 0.407 e. The monoisotopic (exact) mass is 580 g/mol. The zero-order chi connectivity index (χ0) is 29.7. The van der Waals surface area contributed by atoms with Gasteiger partial charge in [-0.3, -0.25) is 10.1 Å². The Balaban J connectivity index is 1.69. The van der Waals surface area contributed by atoms with Crippen LogP contribution >= 0.6 is 11.6 Å². The number of carbonyl (C=O) groups is 2. The minimum absolute atomic E-state index is 0.127. The molecular formula is C25H29ClN12O3. The number of nitrogens with two attached hydrogens (primary N) is 1. The number of halogens is 1. The van der Waals surface area contributed by atoms with Crippen LogP contribution in [0.15, 0.2) is 18.3 Å². The zero-order valence-electron chi connectivity index (χ0n) is 22.6. The van der Waals surface area contributed by atoms with Crippen molar-refractivity contribution in [1.29, 1.82) is 10.5 Å². The van der Waals surface area contributed by atoms with E-state index in [2.05, 4.69) is 42.4 Å².